The first kappa shape index (κ1) is 20.9. The molecule has 0 saturated carbocycles. The summed E-state index contributed by atoms with van der Waals surface area (Å²) in [6, 6.07) is 21.9. The second-order valence-electron chi connectivity index (χ2n) is 6.63. The number of hydrogen-bond acceptors (Lipinski definition) is 4. The zero-order valence-corrected chi connectivity index (χ0v) is 17.0. The van der Waals surface area contributed by atoms with Crippen molar-refractivity contribution in [2.24, 2.45) is 0 Å². The number of ether oxygens (including phenoxy) is 2. The Morgan fingerprint density at radius 3 is 2.10 bits per heavy atom. The highest BCUT2D eigenvalue weighted by Gasteiger charge is 2.13. The summed E-state index contributed by atoms with van der Waals surface area (Å²) < 4.78 is 10.4. The summed E-state index contributed by atoms with van der Waals surface area (Å²) in [5, 5.41) is 5.69. The molecule has 0 aliphatic heterocycles. The van der Waals surface area contributed by atoms with Crippen LogP contribution in [-0.4, -0.2) is 26.0 Å². The van der Waals surface area contributed by atoms with Gasteiger partial charge in [-0.2, -0.15) is 0 Å². The first-order chi connectivity index (χ1) is 14.6. The first-order valence-corrected chi connectivity index (χ1v) is 9.56. The average molecular weight is 404 g/mol. The van der Waals surface area contributed by atoms with Gasteiger partial charge >= 0.3 is 0 Å². The van der Waals surface area contributed by atoms with Gasteiger partial charge in [-0.15, -0.1) is 0 Å². The normalized spacial score (nSPS) is 10.2. The predicted octanol–water partition coefficient (Wildman–Crippen LogP) is 4.53. The molecule has 154 valence electrons. The standard InChI is InChI=1S/C24H24N2O4/c1-29-20-13-14-21(22(16-20)30-2)24(28)26-19-11-9-18(10-12-19)25-23(27)15-8-17-6-4-3-5-7-17/h3-7,9-14,16H,8,15H2,1-2H3,(H,25,27)(H,26,28). The molecular formula is C24H24N2O4. The summed E-state index contributed by atoms with van der Waals surface area (Å²) in [5.74, 6) is 0.678. The monoisotopic (exact) mass is 404 g/mol. The molecule has 0 fully saturated rings. The molecule has 0 bridgehead atoms. The van der Waals surface area contributed by atoms with Gasteiger partial charge in [-0.3, -0.25) is 9.59 Å². The van der Waals surface area contributed by atoms with Crippen LogP contribution in [0.25, 0.3) is 0 Å². The highest BCUT2D eigenvalue weighted by molar-refractivity contribution is 6.06. The van der Waals surface area contributed by atoms with E-state index in [1.54, 1.807) is 49.6 Å². The zero-order valence-electron chi connectivity index (χ0n) is 17.0. The number of amides is 2. The molecule has 0 radical (unpaired) electrons. The van der Waals surface area contributed by atoms with Crippen LogP contribution in [-0.2, 0) is 11.2 Å². The van der Waals surface area contributed by atoms with E-state index in [9.17, 15) is 9.59 Å². The maximum atomic E-state index is 12.6. The number of carbonyl (C=O) groups is 2. The molecule has 3 aromatic carbocycles. The number of nitrogens with one attached hydrogen (secondary N) is 2. The predicted molar refractivity (Wildman–Crippen MR) is 117 cm³/mol. The van der Waals surface area contributed by atoms with E-state index in [-0.39, 0.29) is 11.8 Å². The molecule has 0 aromatic heterocycles. The summed E-state index contributed by atoms with van der Waals surface area (Å²) in [7, 11) is 3.05. The maximum Gasteiger partial charge on any atom is 0.259 e. The minimum absolute atomic E-state index is 0.0568. The molecule has 2 amide bonds. The molecule has 6 nitrogen and oxygen atoms in total. The van der Waals surface area contributed by atoms with E-state index in [1.807, 2.05) is 30.3 Å². The molecule has 0 aliphatic carbocycles. The number of benzene rings is 3. The van der Waals surface area contributed by atoms with Crippen LogP contribution in [0.15, 0.2) is 72.8 Å². The van der Waals surface area contributed by atoms with E-state index in [4.69, 9.17) is 9.47 Å². The highest BCUT2D eigenvalue weighted by Crippen LogP contribution is 2.25. The van der Waals surface area contributed by atoms with Crippen LogP contribution >= 0.6 is 0 Å². The van der Waals surface area contributed by atoms with Gasteiger partial charge in [-0.1, -0.05) is 30.3 Å². The van der Waals surface area contributed by atoms with Crippen molar-refractivity contribution in [1.82, 2.24) is 0 Å². The molecule has 0 heterocycles. The smallest absolute Gasteiger partial charge is 0.259 e. The Labute approximate surface area is 175 Å². The van der Waals surface area contributed by atoms with Crippen LogP contribution < -0.4 is 20.1 Å². The zero-order chi connectivity index (χ0) is 21.3. The van der Waals surface area contributed by atoms with Crippen LogP contribution in [0.2, 0.25) is 0 Å². The van der Waals surface area contributed by atoms with Gasteiger partial charge in [-0.05, 0) is 48.4 Å². The third kappa shape index (κ3) is 5.61. The topological polar surface area (TPSA) is 76.7 Å². The van der Waals surface area contributed by atoms with E-state index in [0.29, 0.717) is 41.3 Å². The number of methoxy groups -OCH3 is 2. The van der Waals surface area contributed by atoms with E-state index >= 15 is 0 Å². The molecule has 0 aliphatic rings. The fourth-order valence-electron chi connectivity index (χ4n) is 2.95. The van der Waals surface area contributed by atoms with Crippen molar-refractivity contribution < 1.29 is 19.1 Å². The van der Waals surface area contributed by atoms with Crippen molar-refractivity contribution in [3.63, 3.8) is 0 Å². The maximum absolute atomic E-state index is 12.6. The molecule has 6 heteroatoms. The molecule has 3 rings (SSSR count). The van der Waals surface area contributed by atoms with E-state index in [0.717, 1.165) is 5.56 Å². The Kier molecular flexibility index (Phi) is 7.05. The second kappa shape index (κ2) is 10.1. The van der Waals surface area contributed by atoms with Gasteiger partial charge < -0.3 is 20.1 Å². The second-order valence-corrected chi connectivity index (χ2v) is 6.63. The molecule has 2 N–H and O–H groups in total. The molecule has 0 saturated heterocycles. The Morgan fingerprint density at radius 1 is 0.800 bits per heavy atom. The number of hydrogen-bond donors (Lipinski definition) is 2. The van der Waals surface area contributed by atoms with Crippen molar-refractivity contribution in [3.8, 4) is 11.5 Å². The Bertz CT molecular complexity index is 1000. The largest absolute Gasteiger partial charge is 0.497 e. The van der Waals surface area contributed by atoms with E-state index < -0.39 is 0 Å². The third-order valence-corrected chi connectivity index (χ3v) is 4.56. The van der Waals surface area contributed by atoms with Gasteiger partial charge in [-0.25, -0.2) is 0 Å². The lowest BCUT2D eigenvalue weighted by Gasteiger charge is -2.11. The fourth-order valence-corrected chi connectivity index (χ4v) is 2.95. The third-order valence-electron chi connectivity index (χ3n) is 4.56. The van der Waals surface area contributed by atoms with Gasteiger partial charge in [0.05, 0.1) is 19.8 Å². The van der Waals surface area contributed by atoms with Crippen molar-refractivity contribution in [2.45, 2.75) is 12.8 Å². The van der Waals surface area contributed by atoms with Gasteiger partial charge in [0.2, 0.25) is 5.91 Å². The lowest BCUT2D eigenvalue weighted by Crippen LogP contribution is -2.14. The van der Waals surface area contributed by atoms with Gasteiger partial charge in [0.25, 0.3) is 5.91 Å². The Balaban J connectivity index is 1.56. The van der Waals surface area contributed by atoms with Crippen molar-refractivity contribution >= 4 is 23.2 Å². The SMILES string of the molecule is COc1ccc(C(=O)Nc2ccc(NC(=O)CCc3ccccc3)cc2)c(OC)c1. The molecule has 0 unspecified atom stereocenters. The summed E-state index contributed by atoms with van der Waals surface area (Å²) in [4.78, 5) is 24.7. The Hall–Kier alpha value is -3.80. The Morgan fingerprint density at radius 2 is 1.47 bits per heavy atom. The van der Waals surface area contributed by atoms with Gasteiger partial charge in [0.1, 0.15) is 11.5 Å². The minimum atomic E-state index is -0.297. The number of rotatable bonds is 8. The molecule has 3 aromatic rings. The van der Waals surface area contributed by atoms with Crippen LogP contribution in [0.4, 0.5) is 11.4 Å². The summed E-state index contributed by atoms with van der Waals surface area (Å²) in [5.41, 5.74) is 2.81. The number of anilines is 2. The molecule has 0 spiro atoms. The van der Waals surface area contributed by atoms with Crippen LogP contribution in [0.3, 0.4) is 0 Å². The lowest BCUT2D eigenvalue weighted by atomic mass is 10.1. The van der Waals surface area contributed by atoms with E-state index in [2.05, 4.69) is 10.6 Å². The van der Waals surface area contributed by atoms with Crippen LogP contribution in [0.5, 0.6) is 11.5 Å². The van der Waals surface area contributed by atoms with Crippen molar-refractivity contribution in [1.29, 1.82) is 0 Å². The van der Waals surface area contributed by atoms with Crippen molar-refractivity contribution in [2.75, 3.05) is 24.9 Å². The molecule has 30 heavy (non-hydrogen) atoms. The number of carbonyl (C=O) groups excluding carboxylic acids is 2. The summed E-state index contributed by atoms with van der Waals surface area (Å²) >= 11 is 0. The van der Waals surface area contributed by atoms with Gasteiger partial charge in [0.15, 0.2) is 0 Å². The minimum Gasteiger partial charge on any atom is -0.497 e. The van der Waals surface area contributed by atoms with E-state index in [1.165, 1.54) is 7.11 Å². The summed E-state index contributed by atoms with van der Waals surface area (Å²) in [6.45, 7) is 0. The first-order valence-electron chi connectivity index (χ1n) is 9.56. The summed E-state index contributed by atoms with van der Waals surface area (Å²) in [6.07, 6.45) is 1.09. The number of aryl methyl sites for hydroxylation is 1. The van der Waals surface area contributed by atoms with Crippen LogP contribution in [0, 0.1) is 0 Å². The quantitative estimate of drug-likeness (QED) is 0.578. The molecule has 0 atom stereocenters. The highest BCUT2D eigenvalue weighted by atomic mass is 16.5. The van der Waals surface area contributed by atoms with Gasteiger partial charge in [0, 0.05) is 23.9 Å². The molecular weight excluding hydrogens is 380 g/mol. The van der Waals surface area contributed by atoms with Crippen molar-refractivity contribution in [3.05, 3.63) is 83.9 Å². The fraction of sp³-hybridized carbons (Fsp3) is 0.167. The van der Waals surface area contributed by atoms with Crippen LogP contribution in [0.1, 0.15) is 22.3 Å². The average Bonchev–Trinajstić information content (AvgIpc) is 2.79. The lowest BCUT2D eigenvalue weighted by molar-refractivity contribution is -0.116.